The van der Waals surface area contributed by atoms with E-state index in [4.69, 9.17) is 15.2 Å². The molecule has 2 saturated carbocycles. The molecule has 2 amide bonds. The summed E-state index contributed by atoms with van der Waals surface area (Å²) < 4.78 is 12.9. The Morgan fingerprint density at radius 1 is 1.05 bits per heavy atom. The molecule has 4 heterocycles. The van der Waals surface area contributed by atoms with Gasteiger partial charge in [-0.15, -0.1) is 0 Å². The van der Waals surface area contributed by atoms with Crippen molar-refractivity contribution >= 4 is 29.0 Å². The molecule has 4 aliphatic rings. The summed E-state index contributed by atoms with van der Waals surface area (Å²) in [6, 6.07) is 0.106. The number of anilines is 1. The molecule has 2 saturated heterocycles. The molecule has 4 atom stereocenters. The Bertz CT molecular complexity index is 1240. The number of aliphatic hydroxyl groups excluding tert-OH is 2. The normalized spacial score (nSPS) is 26.4. The lowest BCUT2D eigenvalue weighted by Gasteiger charge is -2.31. The van der Waals surface area contributed by atoms with Gasteiger partial charge in [-0.2, -0.15) is 0 Å². The predicted molar refractivity (Wildman–Crippen MR) is 159 cm³/mol. The van der Waals surface area contributed by atoms with Crippen molar-refractivity contribution in [1.82, 2.24) is 29.7 Å². The minimum absolute atomic E-state index is 0.106. The number of nitrogen functional groups attached to an aromatic ring is 1. The number of carbonyl (C=O) groups excluding carboxylic acids is 2. The van der Waals surface area contributed by atoms with E-state index in [-0.39, 0.29) is 18.0 Å². The lowest BCUT2D eigenvalue weighted by molar-refractivity contribution is -0.137. The molecule has 0 bridgehead atoms. The van der Waals surface area contributed by atoms with E-state index in [0.29, 0.717) is 41.9 Å². The van der Waals surface area contributed by atoms with Crippen LogP contribution in [0.2, 0.25) is 0 Å². The summed E-state index contributed by atoms with van der Waals surface area (Å²) >= 11 is 0. The number of nitrogens with zero attached hydrogens (tertiary/aromatic N) is 5. The molecule has 2 aromatic heterocycles. The first-order valence-corrected chi connectivity index (χ1v) is 16.1. The molecule has 43 heavy (non-hydrogen) atoms. The first-order valence-electron chi connectivity index (χ1n) is 16.1. The molecule has 0 radical (unpaired) electrons. The molecule has 2 aromatic rings. The van der Waals surface area contributed by atoms with Crippen LogP contribution in [0.1, 0.15) is 90.1 Å². The highest BCUT2D eigenvalue weighted by Crippen LogP contribution is 2.33. The van der Waals surface area contributed by atoms with Crippen LogP contribution < -0.4 is 11.1 Å². The maximum atomic E-state index is 12.5. The minimum Gasteiger partial charge on any atom is -0.449 e. The third-order valence-electron chi connectivity index (χ3n) is 8.99. The molecular formula is C30H47N7O6. The van der Waals surface area contributed by atoms with Crippen LogP contribution in [0.25, 0.3) is 11.2 Å². The highest BCUT2D eigenvalue weighted by Gasteiger charge is 2.48. The van der Waals surface area contributed by atoms with Gasteiger partial charge in [-0.05, 0) is 63.2 Å². The zero-order valence-corrected chi connectivity index (χ0v) is 25.4. The Morgan fingerprint density at radius 3 is 2.47 bits per heavy atom. The van der Waals surface area contributed by atoms with Crippen LogP contribution >= 0.6 is 0 Å². The van der Waals surface area contributed by atoms with E-state index in [2.05, 4.69) is 20.3 Å². The highest BCUT2D eigenvalue weighted by atomic mass is 16.6. The second-order valence-corrected chi connectivity index (χ2v) is 12.1. The van der Waals surface area contributed by atoms with Gasteiger partial charge in [-0.3, -0.25) is 9.36 Å². The molecule has 13 nitrogen and oxygen atoms in total. The number of piperidine rings is 1. The Labute approximate surface area is 252 Å². The lowest BCUT2D eigenvalue weighted by Crippen LogP contribution is -2.43. The lowest BCUT2D eigenvalue weighted by atomic mass is 9.91. The van der Waals surface area contributed by atoms with Crippen molar-refractivity contribution in [3.05, 3.63) is 12.2 Å². The summed E-state index contributed by atoms with van der Waals surface area (Å²) in [6.07, 6.45) is 7.28. The molecule has 4 fully saturated rings. The molecule has 238 valence electrons. The Morgan fingerprint density at radius 2 is 1.77 bits per heavy atom. The number of fused-ring (bicyclic) bond motifs is 1. The molecule has 2 aliphatic heterocycles. The molecule has 6 rings (SSSR count). The van der Waals surface area contributed by atoms with Gasteiger partial charge in [-0.1, -0.05) is 26.7 Å². The number of hydrogen-bond donors (Lipinski definition) is 4. The van der Waals surface area contributed by atoms with Gasteiger partial charge in [-0.25, -0.2) is 19.7 Å². The predicted octanol–water partition coefficient (Wildman–Crippen LogP) is 2.69. The number of nitrogens with one attached hydrogen (secondary N) is 1. The third-order valence-corrected chi connectivity index (χ3v) is 8.99. The van der Waals surface area contributed by atoms with Crippen molar-refractivity contribution < 1.29 is 29.3 Å². The fourth-order valence-electron chi connectivity index (χ4n) is 6.31. The number of likely N-dealkylation sites (tertiary alicyclic amines) is 1. The van der Waals surface area contributed by atoms with Crippen LogP contribution in [0.15, 0.2) is 6.33 Å². The number of amides is 2. The van der Waals surface area contributed by atoms with Gasteiger partial charge in [0.2, 0.25) is 0 Å². The smallest absolute Gasteiger partial charge is 0.409 e. The number of carbonyl (C=O) groups is 2. The van der Waals surface area contributed by atoms with Crippen LogP contribution in [-0.2, 0) is 20.7 Å². The van der Waals surface area contributed by atoms with Crippen LogP contribution in [0.4, 0.5) is 10.6 Å². The zero-order chi connectivity index (χ0) is 30.5. The topological polar surface area (TPSA) is 178 Å². The third kappa shape index (κ3) is 7.38. The standard InChI is InChI=1S/C28H41N7O6.C2H6/c29-24-20-25(35(15-30-20)27-22(37)21(36)23(41-27)26(38)31-18-8-9-18)33-19(32-24)7-3-6-16-10-12-34(13-11-16)28(39)40-14-17-4-1-2-5-17;1-2/h15-18,21-23,27,36-37H,1-14H2,(H,31,38)(H2,29,32,33);1-2H3/t21-,22?,23+,27-;/m1./s1. The second-order valence-electron chi connectivity index (χ2n) is 12.1. The van der Waals surface area contributed by atoms with Gasteiger partial charge < -0.3 is 35.6 Å². The van der Waals surface area contributed by atoms with Gasteiger partial charge in [0.05, 0.1) is 12.9 Å². The summed E-state index contributed by atoms with van der Waals surface area (Å²) in [4.78, 5) is 40.2. The quantitative estimate of drug-likeness (QED) is 0.334. The average molecular weight is 602 g/mol. The fraction of sp³-hybridized carbons (Fsp3) is 0.767. The summed E-state index contributed by atoms with van der Waals surface area (Å²) in [5.41, 5.74) is 6.96. The number of imidazole rings is 1. The van der Waals surface area contributed by atoms with Crippen molar-refractivity contribution in [2.75, 3.05) is 25.4 Å². The Hall–Kier alpha value is -3.03. The number of rotatable bonds is 9. The van der Waals surface area contributed by atoms with Gasteiger partial charge >= 0.3 is 6.09 Å². The van der Waals surface area contributed by atoms with Crippen molar-refractivity contribution in [2.45, 2.75) is 115 Å². The van der Waals surface area contributed by atoms with Crippen LogP contribution in [0, 0.1) is 11.8 Å². The molecular weight excluding hydrogens is 554 g/mol. The van der Waals surface area contributed by atoms with Gasteiger partial charge in [0.1, 0.15) is 23.5 Å². The first kappa shape index (κ1) is 31.4. The van der Waals surface area contributed by atoms with E-state index in [0.717, 1.165) is 51.6 Å². The Balaban J connectivity index is 0.00000180. The van der Waals surface area contributed by atoms with E-state index in [1.165, 1.54) is 36.6 Å². The van der Waals surface area contributed by atoms with E-state index >= 15 is 0 Å². The SMILES string of the molecule is CC.Nc1nc(CCCC2CCN(C(=O)OCC3CCCC3)CC2)nc2c1ncn2[C@@H]1O[C@H](C(=O)NC2CC2)[C@H](O)C1O. The molecule has 0 aromatic carbocycles. The van der Waals surface area contributed by atoms with Crippen molar-refractivity contribution in [1.29, 1.82) is 0 Å². The largest absolute Gasteiger partial charge is 0.449 e. The maximum Gasteiger partial charge on any atom is 0.409 e. The van der Waals surface area contributed by atoms with E-state index < -0.39 is 30.4 Å². The van der Waals surface area contributed by atoms with Gasteiger partial charge in [0.25, 0.3) is 5.91 Å². The van der Waals surface area contributed by atoms with Crippen LogP contribution in [-0.4, -0.2) is 90.7 Å². The Kier molecular flexibility index (Phi) is 10.3. The van der Waals surface area contributed by atoms with Crippen LogP contribution in [0.3, 0.4) is 0 Å². The van der Waals surface area contributed by atoms with Crippen LogP contribution in [0.5, 0.6) is 0 Å². The van der Waals surface area contributed by atoms with Crippen molar-refractivity contribution in [3.63, 3.8) is 0 Å². The van der Waals surface area contributed by atoms with E-state index in [9.17, 15) is 19.8 Å². The average Bonchev–Trinajstić information content (AvgIpc) is 3.37. The molecule has 5 N–H and O–H groups in total. The zero-order valence-electron chi connectivity index (χ0n) is 25.4. The highest BCUT2D eigenvalue weighted by molar-refractivity contribution is 5.83. The van der Waals surface area contributed by atoms with Crippen molar-refractivity contribution in [3.8, 4) is 0 Å². The van der Waals surface area contributed by atoms with Gasteiger partial charge in [0.15, 0.2) is 23.8 Å². The number of hydrogen-bond acceptors (Lipinski definition) is 10. The first-order chi connectivity index (χ1) is 20.9. The summed E-state index contributed by atoms with van der Waals surface area (Å²) in [5.74, 6) is 1.39. The maximum absolute atomic E-state index is 12.5. The summed E-state index contributed by atoms with van der Waals surface area (Å²) in [7, 11) is 0. The minimum atomic E-state index is -1.38. The van der Waals surface area contributed by atoms with E-state index in [1.807, 2.05) is 18.7 Å². The fourth-order valence-corrected chi connectivity index (χ4v) is 6.31. The summed E-state index contributed by atoms with van der Waals surface area (Å²) in [6.45, 7) is 5.99. The monoisotopic (exact) mass is 601 g/mol. The van der Waals surface area contributed by atoms with Gasteiger partial charge in [0, 0.05) is 25.6 Å². The second kappa shape index (κ2) is 14.2. The number of aromatic nitrogens is 4. The molecule has 2 aliphatic carbocycles. The number of aryl methyl sites for hydroxylation is 1. The molecule has 13 heteroatoms. The number of nitrogens with two attached hydrogens (primary N) is 1. The number of ether oxygens (including phenoxy) is 2. The van der Waals surface area contributed by atoms with Crippen molar-refractivity contribution in [2.24, 2.45) is 11.8 Å². The van der Waals surface area contributed by atoms with E-state index in [1.54, 1.807) is 0 Å². The molecule has 0 spiro atoms. The summed E-state index contributed by atoms with van der Waals surface area (Å²) in [5, 5.41) is 24.0. The number of aliphatic hydroxyl groups is 2. The molecule has 1 unspecified atom stereocenters.